The summed E-state index contributed by atoms with van der Waals surface area (Å²) in [7, 11) is 0. The molecule has 0 saturated carbocycles. The van der Waals surface area contributed by atoms with E-state index < -0.39 is 6.04 Å². The van der Waals surface area contributed by atoms with Gasteiger partial charge in [0.1, 0.15) is 6.04 Å². The van der Waals surface area contributed by atoms with Crippen molar-refractivity contribution in [1.82, 2.24) is 10.2 Å². The fourth-order valence-electron chi connectivity index (χ4n) is 4.46. The van der Waals surface area contributed by atoms with Gasteiger partial charge in [0.2, 0.25) is 11.8 Å². The zero-order valence-corrected chi connectivity index (χ0v) is 24.8. The number of aryl methyl sites for hydroxylation is 1. The number of hydrogen-bond acceptors (Lipinski definition) is 2. The lowest BCUT2D eigenvalue weighted by molar-refractivity contribution is -0.141. The van der Waals surface area contributed by atoms with Crippen LogP contribution in [0.15, 0.2) is 83.3 Å². The van der Waals surface area contributed by atoms with E-state index in [-0.39, 0.29) is 17.2 Å². The van der Waals surface area contributed by atoms with Gasteiger partial charge in [-0.25, -0.2) is 0 Å². The topological polar surface area (TPSA) is 49.4 Å². The van der Waals surface area contributed by atoms with Crippen molar-refractivity contribution in [2.45, 2.75) is 77.8 Å². The molecule has 0 radical (unpaired) electrons. The van der Waals surface area contributed by atoms with Gasteiger partial charge in [-0.05, 0) is 52.6 Å². The molecule has 3 aromatic carbocycles. The molecule has 0 saturated heterocycles. The Balaban J connectivity index is 1.86. The molecule has 38 heavy (non-hydrogen) atoms. The van der Waals surface area contributed by atoms with Gasteiger partial charge in [-0.1, -0.05) is 117 Å². The van der Waals surface area contributed by atoms with Gasteiger partial charge in [0.05, 0.1) is 0 Å². The minimum atomic E-state index is -0.594. The molecular formula is C33H41BrN2O2. The van der Waals surface area contributed by atoms with Gasteiger partial charge < -0.3 is 10.2 Å². The van der Waals surface area contributed by atoms with Gasteiger partial charge in [0.15, 0.2) is 0 Å². The number of nitrogens with zero attached hydrogens (tertiary/aromatic N) is 1. The minimum absolute atomic E-state index is 0.0172. The maximum absolute atomic E-state index is 13.8. The third-order valence-electron chi connectivity index (χ3n) is 6.79. The van der Waals surface area contributed by atoms with Crippen molar-refractivity contribution < 1.29 is 9.59 Å². The van der Waals surface area contributed by atoms with E-state index in [1.807, 2.05) is 54.6 Å². The van der Waals surface area contributed by atoms with Crippen LogP contribution in [-0.4, -0.2) is 29.3 Å². The smallest absolute Gasteiger partial charge is 0.243 e. The third-order valence-corrected chi connectivity index (χ3v) is 7.28. The molecule has 202 valence electrons. The average Bonchev–Trinajstić information content (AvgIpc) is 2.89. The summed E-state index contributed by atoms with van der Waals surface area (Å²) in [5.74, 6) is -0.114. The summed E-state index contributed by atoms with van der Waals surface area (Å²) in [6.45, 7) is 9.68. The molecule has 3 aromatic rings. The molecule has 4 nitrogen and oxygen atoms in total. The lowest BCUT2D eigenvalue weighted by atomic mass is 9.86. The molecule has 0 aliphatic heterocycles. The van der Waals surface area contributed by atoms with Crippen LogP contribution in [0, 0.1) is 0 Å². The Morgan fingerprint density at radius 1 is 0.895 bits per heavy atom. The quantitative estimate of drug-likeness (QED) is 0.231. The van der Waals surface area contributed by atoms with Crippen LogP contribution in [-0.2, 0) is 34.4 Å². The van der Waals surface area contributed by atoms with Crippen LogP contribution < -0.4 is 5.32 Å². The highest BCUT2D eigenvalue weighted by atomic mass is 79.9. The highest BCUT2D eigenvalue weighted by Gasteiger charge is 2.30. The molecule has 0 spiro atoms. The van der Waals surface area contributed by atoms with E-state index in [4.69, 9.17) is 0 Å². The van der Waals surface area contributed by atoms with Crippen molar-refractivity contribution in [1.29, 1.82) is 0 Å². The van der Waals surface area contributed by atoms with Crippen LogP contribution in [0.25, 0.3) is 0 Å². The van der Waals surface area contributed by atoms with E-state index in [2.05, 4.69) is 73.2 Å². The number of halogens is 1. The van der Waals surface area contributed by atoms with Crippen molar-refractivity contribution in [3.05, 3.63) is 106 Å². The van der Waals surface area contributed by atoms with Crippen molar-refractivity contribution in [2.75, 3.05) is 6.54 Å². The molecule has 0 heterocycles. The average molecular weight is 578 g/mol. The van der Waals surface area contributed by atoms with E-state index in [9.17, 15) is 9.59 Å². The van der Waals surface area contributed by atoms with Gasteiger partial charge in [-0.2, -0.15) is 0 Å². The summed E-state index contributed by atoms with van der Waals surface area (Å²) in [6.07, 6.45) is 3.36. The summed E-state index contributed by atoms with van der Waals surface area (Å²) in [5.41, 5.74) is 4.51. The molecule has 2 amide bonds. The monoisotopic (exact) mass is 576 g/mol. The van der Waals surface area contributed by atoms with Crippen molar-refractivity contribution in [2.24, 2.45) is 0 Å². The lowest BCUT2D eigenvalue weighted by Gasteiger charge is -2.32. The van der Waals surface area contributed by atoms with Gasteiger partial charge in [0, 0.05) is 30.4 Å². The molecular weight excluding hydrogens is 536 g/mol. The Bertz CT molecular complexity index is 1170. The highest BCUT2D eigenvalue weighted by Crippen LogP contribution is 2.23. The number of hydrogen-bond donors (Lipinski definition) is 1. The first-order chi connectivity index (χ1) is 18.2. The van der Waals surface area contributed by atoms with Crippen LogP contribution in [0.4, 0.5) is 0 Å². The van der Waals surface area contributed by atoms with Crippen LogP contribution in [0.2, 0.25) is 0 Å². The Kier molecular flexibility index (Phi) is 11.1. The number of amides is 2. The number of nitrogens with one attached hydrogen (secondary N) is 1. The molecule has 1 atom stereocenters. The SMILES string of the molecule is CCCCNC(=O)[C@@H](Cc1ccccc1)N(Cc1cccc(Br)c1)C(=O)CCc1ccc(C(C)(C)C)cc1. The zero-order valence-electron chi connectivity index (χ0n) is 23.2. The molecule has 1 N–H and O–H groups in total. The maximum Gasteiger partial charge on any atom is 0.243 e. The maximum atomic E-state index is 13.8. The number of rotatable bonds is 12. The fraction of sp³-hybridized carbons (Fsp3) is 0.394. The molecule has 0 aromatic heterocycles. The van der Waals surface area contributed by atoms with E-state index in [1.165, 1.54) is 5.56 Å². The normalized spacial score (nSPS) is 12.1. The zero-order chi connectivity index (χ0) is 27.5. The second-order valence-electron chi connectivity index (χ2n) is 10.9. The van der Waals surface area contributed by atoms with Crippen LogP contribution in [0.1, 0.15) is 69.2 Å². The predicted molar refractivity (Wildman–Crippen MR) is 160 cm³/mol. The molecule has 0 aliphatic rings. The van der Waals surface area contributed by atoms with Gasteiger partial charge in [-0.3, -0.25) is 9.59 Å². The Hall–Kier alpha value is -2.92. The van der Waals surface area contributed by atoms with Crippen LogP contribution in [0.3, 0.4) is 0 Å². The molecule has 0 unspecified atom stereocenters. The summed E-state index contributed by atoms with van der Waals surface area (Å²) in [4.78, 5) is 29.1. The number of carbonyl (C=O) groups excluding carboxylic acids is 2. The standard InChI is InChI=1S/C33H41BrN2O2/c1-5-6-21-35-32(38)30(23-26-11-8-7-9-12-26)36(24-27-13-10-14-29(34)22-27)31(37)20-17-25-15-18-28(19-16-25)33(2,3)4/h7-16,18-19,22,30H,5-6,17,20-21,23-24H2,1-4H3,(H,35,38)/t30-/m1/s1. The first-order valence-electron chi connectivity index (χ1n) is 13.6. The fourth-order valence-corrected chi connectivity index (χ4v) is 4.91. The predicted octanol–water partition coefficient (Wildman–Crippen LogP) is 7.24. The van der Waals surface area contributed by atoms with Crippen molar-refractivity contribution in [3.63, 3.8) is 0 Å². The molecule has 3 rings (SSSR count). The van der Waals surface area contributed by atoms with E-state index in [1.54, 1.807) is 4.90 Å². The summed E-state index contributed by atoms with van der Waals surface area (Å²) in [5, 5.41) is 3.09. The molecule has 0 aliphatic carbocycles. The number of carbonyl (C=O) groups is 2. The van der Waals surface area contributed by atoms with Crippen LogP contribution in [0.5, 0.6) is 0 Å². The van der Waals surface area contributed by atoms with Crippen molar-refractivity contribution in [3.8, 4) is 0 Å². The first-order valence-corrected chi connectivity index (χ1v) is 14.4. The van der Waals surface area contributed by atoms with Gasteiger partial charge >= 0.3 is 0 Å². The Morgan fingerprint density at radius 3 is 2.21 bits per heavy atom. The van der Waals surface area contributed by atoms with E-state index in [0.29, 0.717) is 32.4 Å². The van der Waals surface area contributed by atoms with Gasteiger partial charge in [0.25, 0.3) is 0 Å². The Morgan fingerprint density at radius 2 is 1.58 bits per heavy atom. The summed E-state index contributed by atoms with van der Waals surface area (Å²) < 4.78 is 0.952. The van der Waals surface area contributed by atoms with Crippen molar-refractivity contribution >= 4 is 27.7 Å². The van der Waals surface area contributed by atoms with E-state index in [0.717, 1.165) is 34.0 Å². The molecule has 0 bridgehead atoms. The van der Waals surface area contributed by atoms with Gasteiger partial charge in [-0.15, -0.1) is 0 Å². The summed E-state index contributed by atoms with van der Waals surface area (Å²) >= 11 is 3.55. The van der Waals surface area contributed by atoms with Crippen LogP contribution >= 0.6 is 15.9 Å². The number of benzene rings is 3. The molecule has 0 fully saturated rings. The lowest BCUT2D eigenvalue weighted by Crippen LogP contribution is -2.50. The largest absolute Gasteiger partial charge is 0.354 e. The Labute approximate surface area is 237 Å². The first kappa shape index (κ1) is 29.6. The second-order valence-corrected chi connectivity index (χ2v) is 11.9. The highest BCUT2D eigenvalue weighted by molar-refractivity contribution is 9.10. The number of unbranched alkanes of at least 4 members (excludes halogenated alkanes) is 1. The van der Waals surface area contributed by atoms with E-state index >= 15 is 0 Å². The minimum Gasteiger partial charge on any atom is -0.354 e. The summed E-state index contributed by atoms with van der Waals surface area (Å²) in [6, 6.07) is 25.8. The molecule has 5 heteroatoms. The second kappa shape index (κ2) is 14.3. The third kappa shape index (κ3) is 9.13.